The predicted molar refractivity (Wildman–Crippen MR) is 110 cm³/mol. The smallest absolute Gasteiger partial charge is 0.399 e. The van der Waals surface area contributed by atoms with Crippen molar-refractivity contribution in [1.29, 1.82) is 0 Å². The number of hydrogen-bond donors (Lipinski definition) is 1. The van der Waals surface area contributed by atoms with Crippen LogP contribution in [0.3, 0.4) is 0 Å². The second-order valence-corrected chi connectivity index (χ2v) is 8.93. The molecule has 1 aliphatic rings. The molecule has 0 unspecified atom stereocenters. The molecule has 0 aliphatic carbocycles. The van der Waals surface area contributed by atoms with Crippen LogP contribution in [0.1, 0.15) is 27.7 Å². The van der Waals surface area contributed by atoms with Crippen LogP contribution < -0.4 is 10.8 Å². The average Bonchev–Trinajstić information content (AvgIpc) is 3.04. The summed E-state index contributed by atoms with van der Waals surface area (Å²) in [5, 5.41) is 4.91. The fraction of sp³-hybridized carbons (Fsp3) is 0.316. The van der Waals surface area contributed by atoms with Crippen molar-refractivity contribution in [3.05, 3.63) is 47.5 Å². The molecule has 0 saturated carbocycles. The Morgan fingerprint density at radius 3 is 2.31 bits per heavy atom. The molecule has 0 bridgehead atoms. The van der Waals surface area contributed by atoms with E-state index < -0.39 is 0 Å². The van der Waals surface area contributed by atoms with Gasteiger partial charge in [-0.15, -0.1) is 0 Å². The van der Waals surface area contributed by atoms with E-state index in [9.17, 15) is 0 Å². The molecule has 1 aromatic heterocycles. The van der Waals surface area contributed by atoms with Crippen LogP contribution in [0.5, 0.6) is 0 Å². The van der Waals surface area contributed by atoms with E-state index in [-0.39, 0.29) is 18.3 Å². The third-order valence-electron chi connectivity index (χ3n) is 5.04. The number of rotatable bonds is 3. The van der Waals surface area contributed by atoms with Gasteiger partial charge in [0.2, 0.25) is 0 Å². The Kier molecular flexibility index (Phi) is 4.27. The second kappa shape index (κ2) is 6.24. The molecule has 2 aromatic carbocycles. The monoisotopic (exact) mass is 386 g/mol. The Morgan fingerprint density at radius 2 is 1.65 bits per heavy atom. The number of halogens is 1. The minimum absolute atomic E-state index is 0.336. The summed E-state index contributed by atoms with van der Waals surface area (Å²) >= 11 is 7.62. The molecule has 7 heteroatoms. The first kappa shape index (κ1) is 17.8. The third-order valence-corrected chi connectivity index (χ3v) is 6.21. The van der Waals surface area contributed by atoms with Crippen LogP contribution >= 0.6 is 22.9 Å². The molecule has 134 valence electrons. The van der Waals surface area contributed by atoms with E-state index in [4.69, 9.17) is 20.9 Å². The van der Waals surface area contributed by atoms with Gasteiger partial charge in [0.15, 0.2) is 5.13 Å². The third kappa shape index (κ3) is 3.23. The van der Waals surface area contributed by atoms with Crippen LogP contribution in [-0.4, -0.2) is 23.3 Å². The van der Waals surface area contributed by atoms with E-state index in [1.165, 1.54) is 0 Å². The molecule has 0 radical (unpaired) electrons. The van der Waals surface area contributed by atoms with Gasteiger partial charge in [0.25, 0.3) is 0 Å². The quantitative estimate of drug-likeness (QED) is 0.644. The number of aromatic nitrogens is 1. The molecule has 4 nitrogen and oxygen atoms in total. The van der Waals surface area contributed by atoms with Gasteiger partial charge >= 0.3 is 7.12 Å². The lowest BCUT2D eigenvalue weighted by Gasteiger charge is -2.32. The lowest BCUT2D eigenvalue weighted by molar-refractivity contribution is 0.00578. The SMILES string of the molecule is CC1(C)OB(c2ccc(Nc3nc4ccc(Cl)cc4s3)cc2)OC1(C)C. The highest BCUT2D eigenvalue weighted by Gasteiger charge is 2.51. The molecular weight excluding hydrogens is 367 g/mol. The molecule has 0 spiro atoms. The average molecular weight is 387 g/mol. The molecule has 2 heterocycles. The van der Waals surface area contributed by atoms with Crippen LogP contribution in [0, 0.1) is 0 Å². The van der Waals surface area contributed by atoms with E-state index in [1.807, 2.05) is 42.5 Å². The molecule has 0 atom stereocenters. The Balaban J connectivity index is 1.51. The molecule has 1 fully saturated rings. The van der Waals surface area contributed by atoms with Gasteiger partial charge in [-0.3, -0.25) is 0 Å². The summed E-state index contributed by atoms with van der Waals surface area (Å²) < 4.78 is 13.3. The Morgan fingerprint density at radius 1 is 1.00 bits per heavy atom. The van der Waals surface area contributed by atoms with Gasteiger partial charge in [-0.05, 0) is 63.5 Å². The van der Waals surface area contributed by atoms with Gasteiger partial charge in [-0.2, -0.15) is 0 Å². The topological polar surface area (TPSA) is 43.4 Å². The first-order valence-corrected chi connectivity index (χ1v) is 9.72. The summed E-state index contributed by atoms with van der Waals surface area (Å²) in [7, 11) is -0.348. The van der Waals surface area contributed by atoms with Crippen molar-refractivity contribution in [3.63, 3.8) is 0 Å². The van der Waals surface area contributed by atoms with Crippen molar-refractivity contribution in [2.24, 2.45) is 0 Å². The first-order valence-electron chi connectivity index (χ1n) is 8.52. The predicted octanol–water partition coefficient (Wildman–Crippen LogP) is 4.99. The minimum Gasteiger partial charge on any atom is -0.399 e. The number of thiazole rings is 1. The lowest BCUT2D eigenvalue weighted by Crippen LogP contribution is -2.41. The van der Waals surface area contributed by atoms with Gasteiger partial charge in [0.1, 0.15) is 0 Å². The molecule has 1 N–H and O–H groups in total. The molecular formula is C19H20BClN2O2S. The molecule has 1 aliphatic heterocycles. The van der Waals surface area contributed by atoms with Crippen molar-refractivity contribution in [3.8, 4) is 0 Å². The van der Waals surface area contributed by atoms with Gasteiger partial charge in [-0.25, -0.2) is 4.98 Å². The number of fused-ring (bicyclic) bond motifs is 1. The standard InChI is InChI=1S/C19H20BClN2O2S/c1-18(2)19(3,4)25-20(24-18)12-5-8-14(9-6-12)22-17-23-15-10-7-13(21)11-16(15)26-17/h5-11H,1-4H3,(H,22,23). The van der Waals surface area contributed by atoms with Crippen molar-refractivity contribution in [2.75, 3.05) is 5.32 Å². The zero-order valence-electron chi connectivity index (χ0n) is 15.2. The largest absolute Gasteiger partial charge is 0.494 e. The summed E-state index contributed by atoms with van der Waals surface area (Å²) in [6.45, 7) is 8.23. The van der Waals surface area contributed by atoms with Crippen LogP contribution in [0.4, 0.5) is 10.8 Å². The van der Waals surface area contributed by atoms with E-state index in [1.54, 1.807) is 11.3 Å². The maximum atomic E-state index is 6.09. The number of nitrogens with one attached hydrogen (secondary N) is 1. The maximum absolute atomic E-state index is 6.09. The molecule has 0 amide bonds. The molecule has 26 heavy (non-hydrogen) atoms. The highest BCUT2D eigenvalue weighted by molar-refractivity contribution is 7.22. The molecule has 3 aromatic rings. The summed E-state index contributed by atoms with van der Waals surface area (Å²) in [6, 6.07) is 13.8. The van der Waals surface area contributed by atoms with E-state index in [0.717, 1.165) is 31.5 Å². The number of hydrogen-bond acceptors (Lipinski definition) is 5. The minimum atomic E-state index is -0.348. The van der Waals surface area contributed by atoms with Gasteiger partial charge < -0.3 is 14.6 Å². The molecule has 1 saturated heterocycles. The van der Waals surface area contributed by atoms with Gasteiger partial charge in [0.05, 0.1) is 21.4 Å². The van der Waals surface area contributed by atoms with Gasteiger partial charge in [-0.1, -0.05) is 35.1 Å². The van der Waals surface area contributed by atoms with Crippen LogP contribution in [0.2, 0.25) is 5.02 Å². The maximum Gasteiger partial charge on any atom is 0.494 e. The Labute approximate surface area is 162 Å². The normalized spacial score (nSPS) is 18.4. The van der Waals surface area contributed by atoms with Crippen molar-refractivity contribution < 1.29 is 9.31 Å². The van der Waals surface area contributed by atoms with E-state index >= 15 is 0 Å². The fourth-order valence-corrected chi connectivity index (χ4v) is 3.94. The lowest BCUT2D eigenvalue weighted by atomic mass is 9.79. The van der Waals surface area contributed by atoms with Crippen molar-refractivity contribution in [1.82, 2.24) is 4.98 Å². The second-order valence-electron chi connectivity index (χ2n) is 7.47. The van der Waals surface area contributed by atoms with E-state index in [0.29, 0.717) is 0 Å². The van der Waals surface area contributed by atoms with E-state index in [2.05, 4.69) is 38.0 Å². The highest BCUT2D eigenvalue weighted by Crippen LogP contribution is 2.36. The summed E-state index contributed by atoms with van der Waals surface area (Å²) in [6.07, 6.45) is 0. The van der Waals surface area contributed by atoms with Gasteiger partial charge in [0, 0.05) is 10.7 Å². The number of benzene rings is 2. The van der Waals surface area contributed by atoms with Crippen molar-refractivity contribution in [2.45, 2.75) is 38.9 Å². The number of nitrogens with zero attached hydrogens (tertiary/aromatic N) is 1. The Hall–Kier alpha value is -1.60. The zero-order valence-corrected chi connectivity index (χ0v) is 16.7. The highest BCUT2D eigenvalue weighted by atomic mass is 35.5. The first-order chi connectivity index (χ1) is 12.2. The van der Waals surface area contributed by atoms with Crippen LogP contribution in [0.25, 0.3) is 10.2 Å². The summed E-state index contributed by atoms with van der Waals surface area (Å²) in [5.74, 6) is 0. The number of anilines is 2. The van der Waals surface area contributed by atoms with Crippen LogP contribution in [-0.2, 0) is 9.31 Å². The zero-order chi connectivity index (χ0) is 18.5. The Bertz CT molecular complexity index is 940. The molecule has 4 rings (SSSR count). The van der Waals surface area contributed by atoms with Crippen molar-refractivity contribution >= 4 is 56.6 Å². The summed E-state index contributed by atoms with van der Waals surface area (Å²) in [5.41, 5.74) is 2.24. The fourth-order valence-electron chi connectivity index (χ4n) is 2.78. The summed E-state index contributed by atoms with van der Waals surface area (Å²) in [4.78, 5) is 4.59. The van der Waals surface area contributed by atoms with Crippen LogP contribution in [0.15, 0.2) is 42.5 Å².